The van der Waals surface area contributed by atoms with Gasteiger partial charge in [-0.2, -0.15) is 0 Å². The number of aliphatic imine (C=N–C) groups is 1. The van der Waals surface area contributed by atoms with E-state index >= 15 is 0 Å². The maximum Gasteiger partial charge on any atom is 0.188 e. The van der Waals surface area contributed by atoms with Crippen molar-refractivity contribution in [2.24, 2.45) is 16.6 Å². The van der Waals surface area contributed by atoms with Crippen LogP contribution in [-0.2, 0) is 4.74 Å². The van der Waals surface area contributed by atoms with Crippen molar-refractivity contribution in [2.45, 2.75) is 40.0 Å². The third-order valence-corrected chi connectivity index (χ3v) is 2.04. The maximum absolute atomic E-state index is 5.68. The topological polar surface area (TPSA) is 59.6 Å². The second kappa shape index (κ2) is 14.0. The second-order valence-electron chi connectivity index (χ2n) is 4.37. The number of guanidine groups is 1. The van der Waals surface area contributed by atoms with E-state index < -0.39 is 0 Å². The molecule has 0 aliphatic carbocycles. The fourth-order valence-electron chi connectivity index (χ4n) is 1.08. The van der Waals surface area contributed by atoms with Gasteiger partial charge in [-0.25, -0.2) is 0 Å². The van der Waals surface area contributed by atoms with Crippen molar-refractivity contribution < 1.29 is 4.74 Å². The van der Waals surface area contributed by atoms with Gasteiger partial charge in [-0.1, -0.05) is 27.2 Å². The van der Waals surface area contributed by atoms with Crippen LogP contribution in [-0.4, -0.2) is 32.3 Å². The summed E-state index contributed by atoms with van der Waals surface area (Å²) in [7, 11) is 0. The lowest BCUT2D eigenvalue weighted by atomic mass is 10.2. The first kappa shape index (κ1) is 19.3. The zero-order valence-electron chi connectivity index (χ0n) is 11.4. The number of unbranched alkanes of at least 4 members (excludes halogenated alkanes) is 1. The van der Waals surface area contributed by atoms with E-state index in [1.54, 1.807) is 0 Å². The number of nitrogens with one attached hydrogen (secondary N) is 1. The van der Waals surface area contributed by atoms with Gasteiger partial charge in [0.1, 0.15) is 0 Å². The zero-order valence-corrected chi connectivity index (χ0v) is 13.7. The highest BCUT2D eigenvalue weighted by molar-refractivity contribution is 14.0. The third kappa shape index (κ3) is 16.0. The SMILES string of the molecule is CCCCOCCCNC(N)=NCC(C)C.I. The zero-order chi connectivity index (χ0) is 12.2. The van der Waals surface area contributed by atoms with E-state index in [0.717, 1.165) is 39.1 Å². The summed E-state index contributed by atoms with van der Waals surface area (Å²) in [6, 6.07) is 0. The van der Waals surface area contributed by atoms with Gasteiger partial charge < -0.3 is 15.8 Å². The predicted molar refractivity (Wildman–Crippen MR) is 85.1 cm³/mol. The number of halogens is 1. The third-order valence-electron chi connectivity index (χ3n) is 2.04. The normalized spacial score (nSPS) is 11.4. The number of ether oxygens (including phenoxy) is 1. The Morgan fingerprint density at radius 2 is 1.94 bits per heavy atom. The summed E-state index contributed by atoms with van der Waals surface area (Å²) >= 11 is 0. The summed E-state index contributed by atoms with van der Waals surface area (Å²) in [5.41, 5.74) is 5.68. The first-order chi connectivity index (χ1) is 7.66. The van der Waals surface area contributed by atoms with E-state index in [9.17, 15) is 0 Å². The minimum atomic E-state index is 0. The molecule has 0 atom stereocenters. The fourth-order valence-corrected chi connectivity index (χ4v) is 1.08. The van der Waals surface area contributed by atoms with Crippen LogP contribution in [0.4, 0.5) is 0 Å². The molecule has 3 N–H and O–H groups in total. The quantitative estimate of drug-likeness (QED) is 0.288. The Labute approximate surface area is 123 Å². The fraction of sp³-hybridized carbons (Fsp3) is 0.917. The van der Waals surface area contributed by atoms with Gasteiger partial charge in [-0.05, 0) is 18.8 Å². The molecule has 4 nitrogen and oxygen atoms in total. The summed E-state index contributed by atoms with van der Waals surface area (Å²) in [5, 5.41) is 3.08. The highest BCUT2D eigenvalue weighted by atomic mass is 127. The van der Waals surface area contributed by atoms with Crippen LogP contribution < -0.4 is 11.1 Å². The Morgan fingerprint density at radius 3 is 2.53 bits per heavy atom. The van der Waals surface area contributed by atoms with Crippen molar-refractivity contribution in [2.75, 3.05) is 26.3 Å². The molecular formula is C12H28IN3O. The molecule has 0 aliphatic rings. The van der Waals surface area contributed by atoms with Crippen molar-refractivity contribution >= 4 is 29.9 Å². The largest absolute Gasteiger partial charge is 0.381 e. The van der Waals surface area contributed by atoms with Gasteiger partial charge in [0.2, 0.25) is 0 Å². The van der Waals surface area contributed by atoms with Gasteiger partial charge in [0.05, 0.1) is 0 Å². The van der Waals surface area contributed by atoms with Crippen molar-refractivity contribution in [3.63, 3.8) is 0 Å². The molecule has 0 fully saturated rings. The molecule has 0 saturated heterocycles. The van der Waals surface area contributed by atoms with Crippen molar-refractivity contribution in [3.05, 3.63) is 0 Å². The molecular weight excluding hydrogens is 329 g/mol. The average Bonchev–Trinajstić information content (AvgIpc) is 2.25. The Hall–Kier alpha value is -0.0400. The van der Waals surface area contributed by atoms with Crippen LogP contribution in [0.5, 0.6) is 0 Å². The van der Waals surface area contributed by atoms with Crippen molar-refractivity contribution in [1.29, 1.82) is 0 Å². The van der Waals surface area contributed by atoms with E-state index in [4.69, 9.17) is 10.5 Å². The molecule has 0 radical (unpaired) electrons. The van der Waals surface area contributed by atoms with Gasteiger partial charge in [0, 0.05) is 26.3 Å². The molecule has 0 heterocycles. The molecule has 0 aliphatic heterocycles. The minimum absolute atomic E-state index is 0. The van der Waals surface area contributed by atoms with E-state index in [0.29, 0.717) is 11.9 Å². The lowest BCUT2D eigenvalue weighted by Gasteiger charge is -2.07. The summed E-state index contributed by atoms with van der Waals surface area (Å²) in [6.45, 7) is 9.69. The molecule has 5 heteroatoms. The van der Waals surface area contributed by atoms with Crippen LogP contribution in [0.2, 0.25) is 0 Å². The molecule has 0 aromatic carbocycles. The smallest absolute Gasteiger partial charge is 0.188 e. The molecule has 17 heavy (non-hydrogen) atoms. The molecule has 0 aromatic heterocycles. The average molecular weight is 357 g/mol. The number of hydrogen-bond acceptors (Lipinski definition) is 2. The van der Waals surface area contributed by atoms with Gasteiger partial charge in [-0.3, -0.25) is 4.99 Å². The number of nitrogens with two attached hydrogens (primary N) is 1. The van der Waals surface area contributed by atoms with Crippen molar-refractivity contribution in [3.8, 4) is 0 Å². The lowest BCUT2D eigenvalue weighted by Crippen LogP contribution is -2.33. The van der Waals surface area contributed by atoms with Crippen LogP contribution in [0, 0.1) is 5.92 Å². The van der Waals surface area contributed by atoms with Crippen LogP contribution in [0.25, 0.3) is 0 Å². The first-order valence-corrected chi connectivity index (χ1v) is 6.28. The summed E-state index contributed by atoms with van der Waals surface area (Å²) < 4.78 is 5.43. The molecule has 0 saturated carbocycles. The van der Waals surface area contributed by atoms with Crippen LogP contribution in [0.3, 0.4) is 0 Å². The van der Waals surface area contributed by atoms with Gasteiger partial charge in [0.25, 0.3) is 0 Å². The summed E-state index contributed by atoms with van der Waals surface area (Å²) in [5.74, 6) is 1.10. The monoisotopic (exact) mass is 357 g/mol. The molecule has 0 aromatic rings. The molecule has 0 spiro atoms. The molecule has 0 bridgehead atoms. The maximum atomic E-state index is 5.68. The van der Waals surface area contributed by atoms with Gasteiger partial charge in [-0.15, -0.1) is 24.0 Å². The minimum Gasteiger partial charge on any atom is -0.381 e. The van der Waals surface area contributed by atoms with E-state index in [1.165, 1.54) is 6.42 Å². The second-order valence-corrected chi connectivity index (χ2v) is 4.37. The Morgan fingerprint density at radius 1 is 1.29 bits per heavy atom. The van der Waals surface area contributed by atoms with E-state index in [-0.39, 0.29) is 24.0 Å². The summed E-state index contributed by atoms with van der Waals surface area (Å²) in [6.07, 6.45) is 3.31. The standard InChI is InChI=1S/C12H27N3O.HI/c1-4-5-8-16-9-6-7-14-12(13)15-10-11(2)3;/h11H,4-10H2,1-3H3,(H3,13,14,15);1H. The first-order valence-electron chi connectivity index (χ1n) is 6.28. The summed E-state index contributed by atoms with van der Waals surface area (Å²) in [4.78, 5) is 4.21. The molecule has 0 unspecified atom stereocenters. The Bertz CT molecular complexity index is 187. The molecule has 104 valence electrons. The van der Waals surface area contributed by atoms with Crippen LogP contribution in [0.15, 0.2) is 4.99 Å². The highest BCUT2D eigenvalue weighted by Crippen LogP contribution is 1.91. The number of hydrogen-bond donors (Lipinski definition) is 2. The van der Waals surface area contributed by atoms with E-state index in [1.807, 2.05) is 0 Å². The molecule has 0 amide bonds. The highest BCUT2D eigenvalue weighted by Gasteiger charge is 1.94. The predicted octanol–water partition coefficient (Wildman–Crippen LogP) is 2.37. The van der Waals surface area contributed by atoms with Crippen molar-refractivity contribution in [1.82, 2.24) is 5.32 Å². The van der Waals surface area contributed by atoms with Crippen LogP contribution in [0.1, 0.15) is 40.0 Å². The number of rotatable bonds is 9. The van der Waals surface area contributed by atoms with Gasteiger partial charge in [0.15, 0.2) is 5.96 Å². The Balaban J connectivity index is 0. The number of nitrogens with zero attached hydrogens (tertiary/aromatic N) is 1. The lowest BCUT2D eigenvalue weighted by molar-refractivity contribution is 0.129. The Kier molecular flexibility index (Phi) is 15.9. The van der Waals surface area contributed by atoms with Crippen LogP contribution >= 0.6 is 24.0 Å². The molecule has 0 rings (SSSR count). The van der Waals surface area contributed by atoms with Gasteiger partial charge >= 0.3 is 0 Å². The van der Waals surface area contributed by atoms with E-state index in [2.05, 4.69) is 31.1 Å².